The molecule has 1 saturated heterocycles. The highest BCUT2D eigenvalue weighted by Gasteiger charge is 2.23. The van der Waals surface area contributed by atoms with E-state index in [0.717, 1.165) is 31.9 Å². The van der Waals surface area contributed by atoms with Gasteiger partial charge in [-0.25, -0.2) is 4.98 Å². The molecule has 1 aromatic heterocycles. The average molecular weight is 221 g/mol. The van der Waals surface area contributed by atoms with Gasteiger partial charge in [0.05, 0.1) is 0 Å². The van der Waals surface area contributed by atoms with Gasteiger partial charge in [-0.3, -0.25) is 0 Å². The van der Waals surface area contributed by atoms with Crippen LogP contribution in [0.5, 0.6) is 0 Å². The van der Waals surface area contributed by atoms with E-state index in [1.54, 1.807) is 0 Å². The predicted octanol–water partition coefficient (Wildman–Crippen LogP) is 0.620. The van der Waals surface area contributed by atoms with Crippen molar-refractivity contribution < 1.29 is 5.11 Å². The van der Waals surface area contributed by atoms with E-state index in [2.05, 4.69) is 21.3 Å². The summed E-state index contributed by atoms with van der Waals surface area (Å²) in [6.07, 6.45) is 2.90. The molecule has 1 fully saturated rings. The molecule has 1 atom stereocenters. The fourth-order valence-corrected chi connectivity index (χ4v) is 2.22. The lowest BCUT2D eigenvalue weighted by atomic mass is 10.1. The maximum atomic E-state index is 9.14. The summed E-state index contributed by atoms with van der Waals surface area (Å²) in [5.74, 6) is 1.47. The van der Waals surface area contributed by atoms with E-state index in [1.807, 2.05) is 19.3 Å². The van der Waals surface area contributed by atoms with Crippen molar-refractivity contribution in [3.8, 4) is 0 Å². The molecule has 16 heavy (non-hydrogen) atoms. The second-order valence-corrected chi connectivity index (χ2v) is 4.30. The lowest BCUT2D eigenvalue weighted by Crippen LogP contribution is -2.24. The van der Waals surface area contributed by atoms with Crippen LogP contribution in [0.2, 0.25) is 0 Å². The van der Waals surface area contributed by atoms with Crippen LogP contribution >= 0.6 is 0 Å². The average Bonchev–Trinajstić information content (AvgIpc) is 2.79. The highest BCUT2D eigenvalue weighted by atomic mass is 16.3. The summed E-state index contributed by atoms with van der Waals surface area (Å²) in [7, 11) is 1.94. The third-order valence-corrected chi connectivity index (χ3v) is 3.08. The Morgan fingerprint density at radius 1 is 1.62 bits per heavy atom. The van der Waals surface area contributed by atoms with Gasteiger partial charge in [0.1, 0.15) is 5.82 Å². The van der Waals surface area contributed by atoms with Gasteiger partial charge in [-0.1, -0.05) is 6.07 Å². The van der Waals surface area contributed by atoms with Crippen molar-refractivity contribution in [2.45, 2.75) is 13.0 Å². The Labute approximate surface area is 96.3 Å². The highest BCUT2D eigenvalue weighted by molar-refractivity contribution is 5.47. The molecule has 1 unspecified atom stereocenters. The Morgan fingerprint density at radius 2 is 2.50 bits per heavy atom. The fraction of sp³-hybridized carbons (Fsp3) is 0.583. The smallest absolute Gasteiger partial charge is 0.133 e. The van der Waals surface area contributed by atoms with Gasteiger partial charge in [0, 0.05) is 43.9 Å². The first-order valence-electron chi connectivity index (χ1n) is 5.79. The number of nitrogens with one attached hydrogen (secondary N) is 1. The maximum absolute atomic E-state index is 9.14. The molecule has 4 heteroatoms. The number of aliphatic hydroxyl groups is 1. The van der Waals surface area contributed by atoms with Crippen LogP contribution in [0, 0.1) is 5.92 Å². The number of hydrogen-bond acceptors (Lipinski definition) is 4. The molecule has 2 N–H and O–H groups in total. The van der Waals surface area contributed by atoms with Crippen molar-refractivity contribution in [2.24, 2.45) is 5.92 Å². The Morgan fingerprint density at radius 3 is 3.19 bits per heavy atom. The lowest BCUT2D eigenvalue weighted by molar-refractivity contribution is 0.238. The largest absolute Gasteiger partial charge is 0.396 e. The summed E-state index contributed by atoms with van der Waals surface area (Å²) in [5, 5.41) is 12.3. The zero-order valence-electron chi connectivity index (χ0n) is 9.69. The normalized spacial score (nSPS) is 20.4. The van der Waals surface area contributed by atoms with Crippen LogP contribution in [0.15, 0.2) is 18.3 Å². The number of rotatable bonds is 4. The van der Waals surface area contributed by atoms with Crippen molar-refractivity contribution >= 4 is 5.82 Å². The van der Waals surface area contributed by atoms with Crippen molar-refractivity contribution in [2.75, 3.05) is 31.6 Å². The first kappa shape index (κ1) is 11.4. The Balaban J connectivity index is 2.14. The van der Waals surface area contributed by atoms with E-state index >= 15 is 0 Å². The third kappa shape index (κ3) is 2.33. The van der Waals surface area contributed by atoms with E-state index in [9.17, 15) is 0 Å². The van der Waals surface area contributed by atoms with E-state index in [1.165, 1.54) is 5.56 Å². The van der Waals surface area contributed by atoms with E-state index in [4.69, 9.17) is 5.11 Å². The number of hydrogen-bond donors (Lipinski definition) is 2. The van der Waals surface area contributed by atoms with Gasteiger partial charge in [0.2, 0.25) is 0 Å². The molecule has 1 aliphatic heterocycles. The van der Waals surface area contributed by atoms with E-state index < -0.39 is 0 Å². The summed E-state index contributed by atoms with van der Waals surface area (Å²) < 4.78 is 0. The van der Waals surface area contributed by atoms with Crippen LogP contribution in [0.25, 0.3) is 0 Å². The van der Waals surface area contributed by atoms with Gasteiger partial charge in [-0.2, -0.15) is 0 Å². The number of aliphatic hydroxyl groups excluding tert-OH is 1. The van der Waals surface area contributed by atoms with Crippen molar-refractivity contribution in [1.82, 2.24) is 10.3 Å². The molecule has 1 aromatic rings. The van der Waals surface area contributed by atoms with Gasteiger partial charge in [0.25, 0.3) is 0 Å². The molecule has 0 aliphatic carbocycles. The first-order valence-corrected chi connectivity index (χ1v) is 5.79. The SMILES string of the molecule is CNCc1cccnc1N1CCC(CO)C1. The topological polar surface area (TPSA) is 48.4 Å². The number of aromatic nitrogens is 1. The zero-order valence-corrected chi connectivity index (χ0v) is 9.69. The number of anilines is 1. The minimum absolute atomic E-state index is 0.282. The minimum Gasteiger partial charge on any atom is -0.396 e. The van der Waals surface area contributed by atoms with Gasteiger partial charge in [-0.05, 0) is 19.5 Å². The number of pyridine rings is 1. The molecule has 1 aliphatic rings. The molecule has 0 spiro atoms. The standard InChI is InChI=1S/C12H19N3O/c1-13-7-11-3-2-5-14-12(11)15-6-4-10(8-15)9-16/h2-3,5,10,13,16H,4,6-9H2,1H3. The van der Waals surface area contributed by atoms with Gasteiger partial charge in [-0.15, -0.1) is 0 Å². The Bertz CT molecular complexity index is 343. The second kappa shape index (κ2) is 5.27. The van der Waals surface area contributed by atoms with Crippen LogP contribution in [0.1, 0.15) is 12.0 Å². The molecule has 2 rings (SSSR count). The zero-order chi connectivity index (χ0) is 11.4. The molecule has 0 aromatic carbocycles. The predicted molar refractivity (Wildman–Crippen MR) is 64.4 cm³/mol. The summed E-state index contributed by atoms with van der Waals surface area (Å²) in [5.41, 5.74) is 1.23. The first-order chi connectivity index (χ1) is 7.85. The van der Waals surface area contributed by atoms with Gasteiger partial charge in [0.15, 0.2) is 0 Å². The Kier molecular flexibility index (Phi) is 3.74. The van der Waals surface area contributed by atoms with Crippen LogP contribution in [-0.2, 0) is 6.54 Å². The molecular formula is C12H19N3O. The van der Waals surface area contributed by atoms with Crippen LogP contribution in [0.3, 0.4) is 0 Å². The quantitative estimate of drug-likeness (QED) is 0.782. The van der Waals surface area contributed by atoms with Gasteiger partial charge < -0.3 is 15.3 Å². The molecule has 0 saturated carbocycles. The van der Waals surface area contributed by atoms with Crippen LogP contribution in [-0.4, -0.2) is 36.8 Å². The fourth-order valence-electron chi connectivity index (χ4n) is 2.22. The monoisotopic (exact) mass is 221 g/mol. The minimum atomic E-state index is 0.282. The van der Waals surface area contributed by atoms with Crippen molar-refractivity contribution in [3.05, 3.63) is 23.9 Å². The lowest BCUT2D eigenvalue weighted by Gasteiger charge is -2.20. The summed E-state index contributed by atoms with van der Waals surface area (Å²) in [6.45, 7) is 3.04. The Hall–Kier alpha value is -1.13. The van der Waals surface area contributed by atoms with Gasteiger partial charge >= 0.3 is 0 Å². The molecule has 4 nitrogen and oxygen atoms in total. The summed E-state index contributed by atoms with van der Waals surface area (Å²) in [4.78, 5) is 6.72. The van der Waals surface area contributed by atoms with E-state index in [-0.39, 0.29) is 6.61 Å². The molecule has 0 radical (unpaired) electrons. The van der Waals surface area contributed by atoms with Crippen molar-refractivity contribution in [1.29, 1.82) is 0 Å². The van der Waals surface area contributed by atoms with Crippen molar-refractivity contribution in [3.63, 3.8) is 0 Å². The molecule has 0 bridgehead atoms. The summed E-state index contributed by atoms with van der Waals surface area (Å²) in [6, 6.07) is 4.07. The molecule has 0 amide bonds. The van der Waals surface area contributed by atoms with Crippen LogP contribution < -0.4 is 10.2 Å². The van der Waals surface area contributed by atoms with E-state index in [0.29, 0.717) is 5.92 Å². The third-order valence-electron chi connectivity index (χ3n) is 3.08. The van der Waals surface area contributed by atoms with Crippen LogP contribution in [0.4, 0.5) is 5.82 Å². The molecule has 2 heterocycles. The number of nitrogens with zero attached hydrogens (tertiary/aromatic N) is 2. The summed E-state index contributed by atoms with van der Waals surface area (Å²) >= 11 is 0. The highest BCUT2D eigenvalue weighted by Crippen LogP contribution is 2.24. The maximum Gasteiger partial charge on any atom is 0.133 e. The molecule has 88 valence electrons. The second-order valence-electron chi connectivity index (χ2n) is 4.30. The molecular weight excluding hydrogens is 202 g/mol.